The fourth-order valence-corrected chi connectivity index (χ4v) is 2.58. The van der Waals surface area contributed by atoms with E-state index in [0.29, 0.717) is 25.9 Å². The minimum atomic E-state index is -4.48. The molecule has 0 radical (unpaired) electrons. The number of piperidine rings is 1. The SMILES string of the molecule is CN(C)C(=O)N(C)C1CCN(c2nccc(C(F)(F)F)n2)CC1. The molecule has 0 aliphatic carbocycles. The topological polar surface area (TPSA) is 52.6 Å². The van der Waals surface area contributed by atoms with Gasteiger partial charge >= 0.3 is 12.2 Å². The van der Waals surface area contributed by atoms with E-state index in [0.717, 1.165) is 12.3 Å². The number of nitrogens with zero attached hydrogens (tertiary/aromatic N) is 5. The maximum atomic E-state index is 12.7. The first-order valence-electron chi connectivity index (χ1n) is 7.29. The molecule has 6 nitrogen and oxygen atoms in total. The van der Waals surface area contributed by atoms with Crippen LogP contribution in [0.4, 0.5) is 23.9 Å². The van der Waals surface area contributed by atoms with E-state index >= 15 is 0 Å². The van der Waals surface area contributed by atoms with Crippen molar-refractivity contribution in [3.8, 4) is 0 Å². The largest absolute Gasteiger partial charge is 0.433 e. The minimum absolute atomic E-state index is 0.0620. The van der Waals surface area contributed by atoms with Crippen LogP contribution in [0.15, 0.2) is 12.3 Å². The summed E-state index contributed by atoms with van der Waals surface area (Å²) >= 11 is 0. The molecule has 9 heteroatoms. The molecule has 23 heavy (non-hydrogen) atoms. The van der Waals surface area contributed by atoms with Gasteiger partial charge in [-0.15, -0.1) is 0 Å². The van der Waals surface area contributed by atoms with E-state index in [-0.39, 0.29) is 18.0 Å². The zero-order chi connectivity index (χ0) is 17.2. The summed E-state index contributed by atoms with van der Waals surface area (Å²) in [5.41, 5.74) is -0.940. The van der Waals surface area contributed by atoms with Gasteiger partial charge in [0.1, 0.15) is 5.69 Å². The van der Waals surface area contributed by atoms with Gasteiger partial charge < -0.3 is 14.7 Å². The Labute approximate surface area is 132 Å². The Balaban J connectivity index is 2.01. The number of rotatable bonds is 2. The van der Waals surface area contributed by atoms with E-state index in [1.54, 1.807) is 30.9 Å². The molecule has 0 N–H and O–H groups in total. The molecule has 1 saturated heterocycles. The number of hydrogen-bond acceptors (Lipinski definition) is 4. The number of urea groups is 1. The molecular weight excluding hydrogens is 311 g/mol. The van der Waals surface area contributed by atoms with Gasteiger partial charge in [0.05, 0.1) is 0 Å². The van der Waals surface area contributed by atoms with Crippen molar-refractivity contribution in [1.29, 1.82) is 0 Å². The van der Waals surface area contributed by atoms with Gasteiger partial charge in [0, 0.05) is 46.5 Å². The summed E-state index contributed by atoms with van der Waals surface area (Å²) in [7, 11) is 5.11. The number of anilines is 1. The maximum Gasteiger partial charge on any atom is 0.433 e. The van der Waals surface area contributed by atoms with E-state index in [1.807, 2.05) is 0 Å². The third-order valence-corrected chi connectivity index (χ3v) is 3.91. The molecule has 1 aliphatic rings. The lowest BCUT2D eigenvalue weighted by atomic mass is 10.0. The highest BCUT2D eigenvalue weighted by molar-refractivity contribution is 5.73. The molecule has 0 atom stereocenters. The van der Waals surface area contributed by atoms with E-state index in [1.165, 1.54) is 4.90 Å². The number of halogens is 3. The van der Waals surface area contributed by atoms with Crippen molar-refractivity contribution in [1.82, 2.24) is 19.8 Å². The van der Waals surface area contributed by atoms with E-state index < -0.39 is 11.9 Å². The predicted molar refractivity (Wildman–Crippen MR) is 79.1 cm³/mol. The molecule has 1 aliphatic heterocycles. The Morgan fingerprint density at radius 1 is 1.26 bits per heavy atom. The zero-order valence-electron chi connectivity index (χ0n) is 13.3. The molecular formula is C14H20F3N5O. The Kier molecular flexibility index (Phi) is 4.96. The molecule has 1 fully saturated rings. The van der Waals surface area contributed by atoms with Crippen LogP contribution in [0.2, 0.25) is 0 Å². The van der Waals surface area contributed by atoms with E-state index in [9.17, 15) is 18.0 Å². The molecule has 2 amide bonds. The Hall–Kier alpha value is -2.06. The first-order valence-corrected chi connectivity index (χ1v) is 7.29. The Bertz CT molecular complexity index is 556. The van der Waals surface area contributed by atoms with Crippen molar-refractivity contribution in [2.24, 2.45) is 0 Å². The molecule has 0 bridgehead atoms. The van der Waals surface area contributed by atoms with Gasteiger partial charge in [0.25, 0.3) is 0 Å². The first-order chi connectivity index (χ1) is 10.7. The van der Waals surface area contributed by atoms with Crippen molar-refractivity contribution in [3.05, 3.63) is 18.0 Å². The van der Waals surface area contributed by atoms with Crippen LogP contribution in [0.3, 0.4) is 0 Å². The van der Waals surface area contributed by atoms with Gasteiger partial charge in [0.15, 0.2) is 0 Å². The lowest BCUT2D eigenvalue weighted by molar-refractivity contribution is -0.141. The van der Waals surface area contributed by atoms with Crippen LogP contribution in [0.5, 0.6) is 0 Å². The lowest BCUT2D eigenvalue weighted by Gasteiger charge is -2.37. The molecule has 0 aromatic carbocycles. The van der Waals surface area contributed by atoms with Gasteiger partial charge in [-0.25, -0.2) is 14.8 Å². The number of hydrogen-bond donors (Lipinski definition) is 0. The molecule has 2 heterocycles. The summed E-state index contributed by atoms with van der Waals surface area (Å²) in [5.74, 6) is 0.0832. The van der Waals surface area contributed by atoms with Crippen LogP contribution in [0.25, 0.3) is 0 Å². The highest BCUT2D eigenvalue weighted by Crippen LogP contribution is 2.28. The number of alkyl halides is 3. The molecule has 1 aromatic rings. The standard InChI is InChI=1S/C14H20F3N5O/c1-20(2)13(23)21(3)10-5-8-22(9-6-10)12-18-7-4-11(19-12)14(15,16)17/h4,7,10H,5-6,8-9H2,1-3H3. The first kappa shape index (κ1) is 17.3. The normalized spacial score (nSPS) is 16.3. The van der Waals surface area contributed by atoms with Crippen LogP contribution < -0.4 is 4.90 Å². The van der Waals surface area contributed by atoms with Crippen LogP contribution >= 0.6 is 0 Å². The van der Waals surface area contributed by atoms with Crippen molar-refractivity contribution >= 4 is 12.0 Å². The Morgan fingerprint density at radius 3 is 2.39 bits per heavy atom. The monoisotopic (exact) mass is 331 g/mol. The zero-order valence-corrected chi connectivity index (χ0v) is 13.3. The van der Waals surface area contributed by atoms with Crippen LogP contribution in [0.1, 0.15) is 18.5 Å². The maximum absolute atomic E-state index is 12.7. The minimum Gasteiger partial charge on any atom is -0.341 e. The van der Waals surface area contributed by atoms with Crippen LogP contribution in [0, 0.1) is 0 Å². The van der Waals surface area contributed by atoms with Gasteiger partial charge in [-0.1, -0.05) is 0 Å². The summed E-state index contributed by atoms with van der Waals surface area (Å²) in [6.07, 6.45) is -2.03. The smallest absolute Gasteiger partial charge is 0.341 e. The number of amides is 2. The van der Waals surface area contributed by atoms with Crippen molar-refractivity contribution < 1.29 is 18.0 Å². The highest BCUT2D eigenvalue weighted by Gasteiger charge is 2.34. The summed E-state index contributed by atoms with van der Waals surface area (Å²) in [5, 5.41) is 0. The quantitative estimate of drug-likeness (QED) is 0.833. The molecule has 128 valence electrons. The van der Waals surface area contributed by atoms with Gasteiger partial charge in [0.2, 0.25) is 5.95 Å². The van der Waals surface area contributed by atoms with Gasteiger partial charge in [-0.3, -0.25) is 0 Å². The molecule has 2 rings (SSSR count). The van der Waals surface area contributed by atoms with Crippen molar-refractivity contribution in [2.75, 3.05) is 39.1 Å². The Morgan fingerprint density at radius 2 is 1.87 bits per heavy atom. The highest BCUT2D eigenvalue weighted by atomic mass is 19.4. The second-order valence-corrected chi connectivity index (χ2v) is 5.75. The second-order valence-electron chi connectivity index (χ2n) is 5.75. The summed E-state index contributed by atoms with van der Waals surface area (Å²) in [6, 6.07) is 0.838. The summed E-state index contributed by atoms with van der Waals surface area (Å²) < 4.78 is 38.1. The van der Waals surface area contributed by atoms with Crippen LogP contribution in [-0.4, -0.2) is 66.1 Å². The number of carbonyl (C=O) groups is 1. The third kappa shape index (κ3) is 4.02. The fraction of sp³-hybridized carbons (Fsp3) is 0.643. The van der Waals surface area contributed by atoms with Crippen molar-refractivity contribution in [3.63, 3.8) is 0 Å². The van der Waals surface area contributed by atoms with E-state index in [2.05, 4.69) is 9.97 Å². The number of aromatic nitrogens is 2. The number of carbonyl (C=O) groups excluding carboxylic acids is 1. The van der Waals surface area contributed by atoms with Gasteiger partial charge in [-0.05, 0) is 18.9 Å². The van der Waals surface area contributed by atoms with E-state index in [4.69, 9.17) is 0 Å². The molecule has 0 saturated carbocycles. The van der Waals surface area contributed by atoms with Gasteiger partial charge in [-0.2, -0.15) is 13.2 Å². The lowest BCUT2D eigenvalue weighted by Crippen LogP contribution is -2.48. The summed E-state index contributed by atoms with van der Waals surface area (Å²) in [6.45, 7) is 1.02. The summed E-state index contributed by atoms with van der Waals surface area (Å²) in [4.78, 5) is 24.4. The van der Waals surface area contributed by atoms with Crippen molar-refractivity contribution in [2.45, 2.75) is 25.1 Å². The third-order valence-electron chi connectivity index (χ3n) is 3.91. The fourth-order valence-electron chi connectivity index (χ4n) is 2.58. The average molecular weight is 331 g/mol. The molecule has 0 unspecified atom stereocenters. The second kappa shape index (κ2) is 6.59. The molecule has 1 aromatic heterocycles. The van der Waals surface area contributed by atoms with Crippen LogP contribution in [-0.2, 0) is 6.18 Å². The molecule has 0 spiro atoms. The predicted octanol–water partition coefficient (Wildman–Crippen LogP) is 2.08. The average Bonchev–Trinajstić information content (AvgIpc) is 2.53.